The first-order valence-electron chi connectivity index (χ1n) is 10.5. The van der Waals surface area contributed by atoms with Crippen LogP contribution in [0, 0.1) is 0 Å². The van der Waals surface area contributed by atoms with E-state index in [0.29, 0.717) is 12.1 Å². The first-order chi connectivity index (χ1) is 12.8. The number of nitrogens with zero attached hydrogens (tertiary/aromatic N) is 3. The van der Waals surface area contributed by atoms with Crippen molar-refractivity contribution in [2.24, 2.45) is 0 Å². The Balaban J connectivity index is 1.51. The van der Waals surface area contributed by atoms with Crippen LogP contribution in [0.25, 0.3) is 0 Å². The van der Waals surface area contributed by atoms with Crippen LogP contribution in [-0.4, -0.2) is 57.3 Å². The Hall–Kier alpha value is -1.01. The minimum atomic E-state index is 0.159. The van der Waals surface area contributed by atoms with E-state index >= 15 is 0 Å². The lowest BCUT2D eigenvalue weighted by Crippen LogP contribution is -2.43. The third-order valence-corrected chi connectivity index (χ3v) is 7.17. The molecular weight excluding hydrogens is 344 g/mol. The molecule has 0 spiro atoms. The average Bonchev–Trinajstić information content (AvgIpc) is 3.07. The van der Waals surface area contributed by atoms with E-state index in [1.165, 1.54) is 49.8 Å². The van der Waals surface area contributed by atoms with Crippen molar-refractivity contribution in [2.75, 3.05) is 24.6 Å². The van der Waals surface area contributed by atoms with Gasteiger partial charge in [0.05, 0.1) is 0 Å². The van der Waals surface area contributed by atoms with Gasteiger partial charge in [-0.2, -0.15) is 16.9 Å². The van der Waals surface area contributed by atoms with Gasteiger partial charge in [-0.15, -0.1) is 0 Å². The molecule has 3 aliphatic rings. The van der Waals surface area contributed by atoms with Gasteiger partial charge in [0.2, 0.25) is 0 Å². The zero-order valence-electron chi connectivity index (χ0n) is 16.0. The van der Waals surface area contributed by atoms with Crippen molar-refractivity contribution in [2.45, 2.75) is 76.9 Å². The predicted molar refractivity (Wildman–Crippen MR) is 107 cm³/mol. The molecule has 26 heavy (non-hydrogen) atoms. The number of amides is 1. The SMILES string of the molecule is CCn1nc(C(=O)N2CCSCC2)c2c1CCC(NC1CCCCC1)C2. The molecule has 2 aliphatic carbocycles. The Kier molecular flexibility index (Phi) is 5.89. The lowest BCUT2D eigenvalue weighted by Gasteiger charge is -2.31. The first kappa shape index (κ1) is 18.4. The van der Waals surface area contributed by atoms with E-state index in [1.807, 2.05) is 16.7 Å². The van der Waals surface area contributed by atoms with E-state index in [4.69, 9.17) is 5.10 Å². The molecule has 1 aromatic heterocycles. The van der Waals surface area contributed by atoms with Crippen LogP contribution in [0.15, 0.2) is 0 Å². The van der Waals surface area contributed by atoms with Crippen LogP contribution in [0.2, 0.25) is 0 Å². The summed E-state index contributed by atoms with van der Waals surface area (Å²) in [7, 11) is 0. The zero-order valence-corrected chi connectivity index (χ0v) is 16.8. The lowest BCUT2D eigenvalue weighted by atomic mass is 9.88. The molecular formula is C20H32N4OS. The van der Waals surface area contributed by atoms with Gasteiger partial charge < -0.3 is 10.2 Å². The molecule has 2 heterocycles. The van der Waals surface area contributed by atoms with Gasteiger partial charge in [-0.25, -0.2) is 0 Å². The Morgan fingerprint density at radius 2 is 1.92 bits per heavy atom. The highest BCUT2D eigenvalue weighted by molar-refractivity contribution is 7.99. The summed E-state index contributed by atoms with van der Waals surface area (Å²) >= 11 is 1.94. The van der Waals surface area contributed by atoms with Crippen molar-refractivity contribution in [1.29, 1.82) is 0 Å². The van der Waals surface area contributed by atoms with E-state index in [-0.39, 0.29) is 5.91 Å². The summed E-state index contributed by atoms with van der Waals surface area (Å²) in [5.74, 6) is 2.26. The van der Waals surface area contributed by atoms with Crippen LogP contribution in [-0.2, 0) is 19.4 Å². The molecule has 1 N–H and O–H groups in total. The van der Waals surface area contributed by atoms with E-state index in [9.17, 15) is 4.79 Å². The monoisotopic (exact) mass is 376 g/mol. The molecule has 1 saturated carbocycles. The highest BCUT2D eigenvalue weighted by atomic mass is 32.2. The van der Waals surface area contributed by atoms with Gasteiger partial charge in [0, 0.05) is 54.5 Å². The van der Waals surface area contributed by atoms with Gasteiger partial charge >= 0.3 is 0 Å². The zero-order chi connectivity index (χ0) is 17.9. The summed E-state index contributed by atoms with van der Waals surface area (Å²) in [4.78, 5) is 15.1. The van der Waals surface area contributed by atoms with Crippen LogP contribution < -0.4 is 5.32 Å². The summed E-state index contributed by atoms with van der Waals surface area (Å²) in [5.41, 5.74) is 3.28. The fraction of sp³-hybridized carbons (Fsp3) is 0.800. The van der Waals surface area contributed by atoms with Crippen molar-refractivity contribution in [3.05, 3.63) is 17.0 Å². The molecule has 0 radical (unpaired) electrons. The number of aromatic nitrogens is 2. The summed E-state index contributed by atoms with van der Waals surface area (Å²) in [6, 6.07) is 1.18. The Labute approximate surface area is 161 Å². The number of nitrogens with one attached hydrogen (secondary N) is 1. The number of carbonyl (C=O) groups is 1. The van der Waals surface area contributed by atoms with E-state index in [1.54, 1.807) is 0 Å². The summed E-state index contributed by atoms with van der Waals surface area (Å²) in [6.45, 7) is 4.71. The lowest BCUT2D eigenvalue weighted by molar-refractivity contribution is 0.0764. The van der Waals surface area contributed by atoms with Crippen molar-refractivity contribution in [3.8, 4) is 0 Å². The maximum atomic E-state index is 13.1. The number of fused-ring (bicyclic) bond motifs is 1. The molecule has 1 unspecified atom stereocenters. The fourth-order valence-corrected chi connectivity index (χ4v) is 5.69. The molecule has 0 aromatic carbocycles. The largest absolute Gasteiger partial charge is 0.336 e. The quantitative estimate of drug-likeness (QED) is 0.878. The van der Waals surface area contributed by atoms with Crippen LogP contribution in [0.1, 0.15) is 67.2 Å². The standard InChI is InChI=1S/C20H32N4OS/c1-2-24-18-9-8-16(21-15-6-4-3-5-7-15)14-17(18)19(22-24)20(25)23-10-12-26-13-11-23/h15-16,21H,2-14H2,1H3. The van der Waals surface area contributed by atoms with Crippen molar-refractivity contribution in [3.63, 3.8) is 0 Å². The summed E-state index contributed by atoms with van der Waals surface area (Å²) in [6.07, 6.45) is 9.93. The van der Waals surface area contributed by atoms with Gasteiger partial charge in [0.1, 0.15) is 0 Å². The van der Waals surface area contributed by atoms with Crippen molar-refractivity contribution in [1.82, 2.24) is 20.0 Å². The second-order valence-corrected chi connectivity index (χ2v) is 9.16. The molecule has 1 amide bonds. The number of rotatable bonds is 4. The first-order valence-corrected chi connectivity index (χ1v) is 11.6. The Bertz CT molecular complexity index is 632. The highest BCUT2D eigenvalue weighted by Crippen LogP contribution is 2.28. The maximum Gasteiger partial charge on any atom is 0.274 e. The molecule has 2 fully saturated rings. The van der Waals surface area contributed by atoms with Crippen LogP contribution in [0.3, 0.4) is 0 Å². The van der Waals surface area contributed by atoms with E-state index in [2.05, 4.69) is 16.9 Å². The molecule has 1 aromatic rings. The molecule has 1 saturated heterocycles. The number of thioether (sulfide) groups is 1. The third-order valence-electron chi connectivity index (χ3n) is 6.22. The Morgan fingerprint density at radius 3 is 2.65 bits per heavy atom. The minimum absolute atomic E-state index is 0.159. The second-order valence-electron chi connectivity index (χ2n) is 7.94. The van der Waals surface area contributed by atoms with E-state index in [0.717, 1.165) is 49.7 Å². The van der Waals surface area contributed by atoms with Gasteiger partial charge in [-0.05, 0) is 39.0 Å². The molecule has 4 rings (SSSR count). The van der Waals surface area contributed by atoms with Gasteiger partial charge in [0.25, 0.3) is 5.91 Å². The van der Waals surface area contributed by atoms with Gasteiger partial charge in [0.15, 0.2) is 5.69 Å². The van der Waals surface area contributed by atoms with Gasteiger partial charge in [-0.3, -0.25) is 9.48 Å². The number of hydrogen-bond donors (Lipinski definition) is 1. The maximum absolute atomic E-state index is 13.1. The number of hydrogen-bond acceptors (Lipinski definition) is 4. The van der Waals surface area contributed by atoms with Crippen LogP contribution in [0.4, 0.5) is 0 Å². The summed E-state index contributed by atoms with van der Waals surface area (Å²) in [5, 5.41) is 8.66. The topological polar surface area (TPSA) is 50.2 Å². The van der Waals surface area contributed by atoms with Crippen LogP contribution >= 0.6 is 11.8 Å². The number of carbonyl (C=O) groups excluding carboxylic acids is 1. The summed E-state index contributed by atoms with van der Waals surface area (Å²) < 4.78 is 2.08. The molecule has 5 nitrogen and oxygen atoms in total. The number of aryl methyl sites for hydroxylation is 1. The molecule has 1 atom stereocenters. The van der Waals surface area contributed by atoms with E-state index < -0.39 is 0 Å². The normalized spacial score (nSPS) is 24.5. The predicted octanol–water partition coefficient (Wildman–Crippen LogP) is 2.87. The average molecular weight is 377 g/mol. The second kappa shape index (κ2) is 8.34. The third kappa shape index (κ3) is 3.81. The van der Waals surface area contributed by atoms with Crippen molar-refractivity contribution < 1.29 is 4.79 Å². The van der Waals surface area contributed by atoms with Crippen LogP contribution in [0.5, 0.6) is 0 Å². The molecule has 144 valence electrons. The highest BCUT2D eigenvalue weighted by Gasteiger charge is 2.32. The molecule has 0 bridgehead atoms. The van der Waals surface area contributed by atoms with Crippen molar-refractivity contribution >= 4 is 17.7 Å². The minimum Gasteiger partial charge on any atom is -0.336 e. The molecule has 6 heteroatoms. The fourth-order valence-electron chi connectivity index (χ4n) is 4.78. The Morgan fingerprint density at radius 1 is 1.15 bits per heavy atom. The smallest absolute Gasteiger partial charge is 0.274 e. The van der Waals surface area contributed by atoms with Gasteiger partial charge in [-0.1, -0.05) is 19.3 Å². The molecule has 1 aliphatic heterocycles.